The summed E-state index contributed by atoms with van der Waals surface area (Å²) >= 11 is 0. The van der Waals surface area contributed by atoms with Crippen LogP contribution in [0, 0.1) is 0 Å². The molecule has 0 radical (unpaired) electrons. The first-order valence-corrected chi connectivity index (χ1v) is 7.52. The van der Waals surface area contributed by atoms with Crippen LogP contribution >= 0.6 is 0 Å². The monoisotopic (exact) mass is 306 g/mol. The number of nitrogens with zero attached hydrogens (tertiary/aromatic N) is 6. The Hall–Kier alpha value is -1.93. The number of anilines is 1. The van der Waals surface area contributed by atoms with E-state index in [1.165, 1.54) is 0 Å². The van der Waals surface area contributed by atoms with E-state index < -0.39 is 0 Å². The Morgan fingerprint density at radius 2 is 2.27 bits per heavy atom. The lowest BCUT2D eigenvalue weighted by molar-refractivity contribution is -0.0356. The van der Waals surface area contributed by atoms with Crippen LogP contribution in [0.4, 0.5) is 5.95 Å². The third-order valence-corrected chi connectivity index (χ3v) is 3.72. The first-order chi connectivity index (χ1) is 10.7. The smallest absolute Gasteiger partial charge is 0.265 e. The van der Waals surface area contributed by atoms with E-state index in [1.807, 2.05) is 36.1 Å². The number of aryl methyl sites for hydroxylation is 1. The Bertz CT molecular complexity index is 608. The predicted molar refractivity (Wildman–Crippen MR) is 80.5 cm³/mol. The van der Waals surface area contributed by atoms with Crippen LogP contribution in [-0.2, 0) is 17.8 Å². The third-order valence-electron chi connectivity index (χ3n) is 3.72. The predicted octanol–water partition coefficient (Wildman–Crippen LogP) is 0.925. The van der Waals surface area contributed by atoms with E-state index in [4.69, 9.17) is 9.26 Å². The summed E-state index contributed by atoms with van der Waals surface area (Å²) in [4.78, 5) is 8.46. The van der Waals surface area contributed by atoms with E-state index in [1.54, 1.807) is 0 Å². The lowest BCUT2D eigenvalue weighted by Gasteiger charge is -2.31. The van der Waals surface area contributed by atoms with Gasteiger partial charge in [-0.1, -0.05) is 0 Å². The van der Waals surface area contributed by atoms with Crippen molar-refractivity contribution in [2.75, 3.05) is 38.7 Å². The van der Waals surface area contributed by atoms with Gasteiger partial charge >= 0.3 is 0 Å². The molecule has 0 aromatic carbocycles. The van der Waals surface area contributed by atoms with Crippen molar-refractivity contribution in [3.05, 3.63) is 23.8 Å². The first-order valence-electron chi connectivity index (χ1n) is 7.52. The largest absolute Gasteiger partial charge is 0.371 e. The molecule has 0 aliphatic carbocycles. The average molecular weight is 306 g/mol. The maximum Gasteiger partial charge on any atom is 0.265 e. The van der Waals surface area contributed by atoms with E-state index in [0.29, 0.717) is 25.0 Å². The third kappa shape index (κ3) is 3.28. The molecule has 8 nitrogen and oxygen atoms in total. The van der Waals surface area contributed by atoms with Crippen molar-refractivity contribution < 1.29 is 9.26 Å². The molecule has 3 heterocycles. The van der Waals surface area contributed by atoms with Gasteiger partial charge in [0, 0.05) is 45.5 Å². The van der Waals surface area contributed by atoms with E-state index in [0.717, 1.165) is 25.2 Å². The topological polar surface area (TPSA) is 72.5 Å². The van der Waals surface area contributed by atoms with Gasteiger partial charge in [0.15, 0.2) is 0 Å². The second-order valence-electron chi connectivity index (χ2n) is 5.61. The summed E-state index contributed by atoms with van der Waals surface area (Å²) in [6, 6.07) is 0. The molecule has 1 atom stereocenters. The number of morpholine rings is 1. The van der Waals surface area contributed by atoms with Crippen LogP contribution in [0.2, 0.25) is 0 Å². The molecule has 120 valence electrons. The SMILES string of the molecule is CCn1cc(C2CN(Cc3nc(N(C)C)no3)CCO2)cn1. The minimum absolute atomic E-state index is 0.0466. The molecule has 0 bridgehead atoms. The highest BCUT2D eigenvalue weighted by atomic mass is 16.5. The minimum atomic E-state index is 0.0466. The molecule has 1 aliphatic heterocycles. The Morgan fingerprint density at radius 3 is 2.95 bits per heavy atom. The number of hydrogen-bond acceptors (Lipinski definition) is 7. The number of rotatable bonds is 5. The van der Waals surface area contributed by atoms with Gasteiger partial charge < -0.3 is 14.2 Å². The summed E-state index contributed by atoms with van der Waals surface area (Å²) in [5.41, 5.74) is 1.12. The molecule has 0 amide bonds. The summed E-state index contributed by atoms with van der Waals surface area (Å²) in [6.45, 7) is 5.93. The molecular weight excluding hydrogens is 284 g/mol. The maximum absolute atomic E-state index is 5.86. The van der Waals surface area contributed by atoms with Gasteiger partial charge in [0.25, 0.3) is 5.95 Å². The molecule has 2 aromatic rings. The van der Waals surface area contributed by atoms with Gasteiger partial charge in [0.1, 0.15) is 0 Å². The molecule has 8 heteroatoms. The number of aromatic nitrogens is 4. The van der Waals surface area contributed by atoms with Crippen molar-refractivity contribution >= 4 is 5.95 Å². The standard InChI is InChI=1S/C14H22N6O2/c1-4-20-8-11(7-15-20)12-9-19(5-6-21-12)10-13-16-14(17-22-13)18(2)3/h7-8,12H,4-6,9-10H2,1-3H3. The van der Waals surface area contributed by atoms with Gasteiger partial charge in [-0.2, -0.15) is 10.1 Å². The molecule has 22 heavy (non-hydrogen) atoms. The lowest BCUT2D eigenvalue weighted by atomic mass is 10.1. The summed E-state index contributed by atoms with van der Waals surface area (Å²) < 4.78 is 13.1. The zero-order valence-electron chi connectivity index (χ0n) is 13.3. The normalized spacial score (nSPS) is 19.5. The van der Waals surface area contributed by atoms with Gasteiger partial charge in [0.05, 0.1) is 25.5 Å². The summed E-state index contributed by atoms with van der Waals surface area (Å²) in [6.07, 6.45) is 3.98. The molecule has 1 saturated heterocycles. The first kappa shape index (κ1) is 15.0. The lowest BCUT2D eigenvalue weighted by Crippen LogP contribution is -2.37. The summed E-state index contributed by atoms with van der Waals surface area (Å²) in [5, 5.41) is 8.25. The number of hydrogen-bond donors (Lipinski definition) is 0. The van der Waals surface area contributed by atoms with Crippen LogP contribution in [0.5, 0.6) is 0 Å². The Morgan fingerprint density at radius 1 is 1.41 bits per heavy atom. The van der Waals surface area contributed by atoms with Crippen molar-refractivity contribution in [2.24, 2.45) is 0 Å². The van der Waals surface area contributed by atoms with E-state index in [-0.39, 0.29) is 6.10 Å². The van der Waals surface area contributed by atoms with Crippen molar-refractivity contribution in [1.29, 1.82) is 0 Å². The van der Waals surface area contributed by atoms with Crippen LogP contribution in [0.25, 0.3) is 0 Å². The Labute approximate surface area is 129 Å². The quantitative estimate of drug-likeness (QED) is 0.813. The van der Waals surface area contributed by atoms with Gasteiger partial charge in [-0.25, -0.2) is 0 Å². The fraction of sp³-hybridized carbons (Fsp3) is 0.643. The number of ether oxygens (including phenoxy) is 1. The highest BCUT2D eigenvalue weighted by Gasteiger charge is 2.24. The van der Waals surface area contributed by atoms with Crippen molar-refractivity contribution in [1.82, 2.24) is 24.8 Å². The Kier molecular flexibility index (Phi) is 4.39. The fourth-order valence-corrected chi connectivity index (χ4v) is 2.45. The van der Waals surface area contributed by atoms with Crippen molar-refractivity contribution in [3.63, 3.8) is 0 Å². The fourth-order valence-electron chi connectivity index (χ4n) is 2.45. The van der Waals surface area contributed by atoms with E-state index in [9.17, 15) is 0 Å². The molecule has 0 N–H and O–H groups in total. The van der Waals surface area contributed by atoms with Gasteiger partial charge in [-0.05, 0) is 12.1 Å². The zero-order valence-corrected chi connectivity index (χ0v) is 13.3. The maximum atomic E-state index is 5.86. The van der Waals surface area contributed by atoms with E-state index >= 15 is 0 Å². The second kappa shape index (κ2) is 6.45. The van der Waals surface area contributed by atoms with Crippen molar-refractivity contribution in [2.45, 2.75) is 26.1 Å². The van der Waals surface area contributed by atoms with Gasteiger partial charge in [0.2, 0.25) is 5.89 Å². The zero-order chi connectivity index (χ0) is 15.5. The van der Waals surface area contributed by atoms with Gasteiger partial charge in [-0.3, -0.25) is 9.58 Å². The van der Waals surface area contributed by atoms with Crippen LogP contribution < -0.4 is 4.90 Å². The van der Waals surface area contributed by atoms with E-state index in [2.05, 4.69) is 27.1 Å². The van der Waals surface area contributed by atoms with Gasteiger partial charge in [-0.15, -0.1) is 0 Å². The molecule has 1 fully saturated rings. The van der Waals surface area contributed by atoms with Crippen LogP contribution in [0.3, 0.4) is 0 Å². The summed E-state index contributed by atoms with van der Waals surface area (Å²) in [5.74, 6) is 1.23. The van der Waals surface area contributed by atoms with Crippen LogP contribution in [-0.4, -0.2) is 58.6 Å². The highest BCUT2D eigenvalue weighted by Crippen LogP contribution is 2.23. The highest BCUT2D eigenvalue weighted by molar-refractivity contribution is 5.23. The Balaban J connectivity index is 1.62. The average Bonchev–Trinajstić information content (AvgIpc) is 3.16. The van der Waals surface area contributed by atoms with Crippen LogP contribution in [0.1, 0.15) is 24.5 Å². The molecule has 2 aromatic heterocycles. The second-order valence-corrected chi connectivity index (χ2v) is 5.61. The van der Waals surface area contributed by atoms with Crippen LogP contribution in [0.15, 0.2) is 16.9 Å². The minimum Gasteiger partial charge on any atom is -0.371 e. The molecule has 0 saturated carbocycles. The molecule has 1 aliphatic rings. The molecular formula is C14H22N6O2. The molecule has 0 spiro atoms. The van der Waals surface area contributed by atoms with Crippen molar-refractivity contribution in [3.8, 4) is 0 Å². The molecule has 1 unspecified atom stereocenters. The summed E-state index contributed by atoms with van der Waals surface area (Å²) in [7, 11) is 3.79. The molecule has 3 rings (SSSR count).